The van der Waals surface area contributed by atoms with Crippen LogP contribution in [0.1, 0.15) is 36.0 Å². The number of methoxy groups -OCH3 is 1. The van der Waals surface area contributed by atoms with Gasteiger partial charge >= 0.3 is 0 Å². The van der Waals surface area contributed by atoms with E-state index in [2.05, 4.69) is 4.98 Å². The number of hydrogen-bond donors (Lipinski definition) is 0. The molecule has 3 amide bonds. The molecule has 3 saturated heterocycles. The minimum absolute atomic E-state index is 0.00290. The Kier molecular flexibility index (Phi) is 6.40. The number of nitrogens with zero attached hydrogens (tertiary/aromatic N) is 4. The summed E-state index contributed by atoms with van der Waals surface area (Å²) in [6.07, 6.45) is 2.88. The predicted octanol–water partition coefficient (Wildman–Crippen LogP) is 3.25. The Hall–Kier alpha value is -3.13. The summed E-state index contributed by atoms with van der Waals surface area (Å²) in [5.74, 6) is 0.00843. The van der Waals surface area contributed by atoms with E-state index in [1.165, 1.54) is 7.11 Å². The maximum Gasteiger partial charge on any atom is 0.254 e. The average molecular weight is 497 g/mol. The van der Waals surface area contributed by atoms with E-state index >= 15 is 0 Å². The van der Waals surface area contributed by atoms with Gasteiger partial charge in [0, 0.05) is 56.5 Å². The van der Waals surface area contributed by atoms with Gasteiger partial charge in [-0.2, -0.15) is 0 Å². The summed E-state index contributed by atoms with van der Waals surface area (Å²) < 4.78 is 5.14. The fraction of sp³-hybridized carbons (Fsp3) is 0.462. The maximum absolute atomic E-state index is 13.3. The molecule has 9 heteroatoms. The Morgan fingerprint density at radius 1 is 1.06 bits per heavy atom. The molecule has 5 rings (SSSR count). The van der Waals surface area contributed by atoms with Gasteiger partial charge < -0.3 is 19.4 Å². The number of rotatable bonds is 4. The van der Waals surface area contributed by atoms with Crippen LogP contribution in [0.15, 0.2) is 42.5 Å². The summed E-state index contributed by atoms with van der Waals surface area (Å²) in [4.78, 5) is 48.4. The van der Waals surface area contributed by atoms with Gasteiger partial charge in [0.2, 0.25) is 17.7 Å². The molecule has 0 aliphatic carbocycles. The van der Waals surface area contributed by atoms with Crippen LogP contribution in [0.2, 0.25) is 5.15 Å². The van der Waals surface area contributed by atoms with Crippen LogP contribution in [0.5, 0.6) is 5.88 Å². The van der Waals surface area contributed by atoms with Gasteiger partial charge in [0.1, 0.15) is 5.15 Å². The molecule has 2 aromatic rings. The summed E-state index contributed by atoms with van der Waals surface area (Å²) in [5, 5.41) is 0.224. The van der Waals surface area contributed by atoms with E-state index in [1.807, 2.05) is 40.1 Å². The van der Waals surface area contributed by atoms with Gasteiger partial charge in [0.25, 0.3) is 5.91 Å². The van der Waals surface area contributed by atoms with Crippen molar-refractivity contribution in [2.75, 3.05) is 44.7 Å². The van der Waals surface area contributed by atoms with Gasteiger partial charge in [0.15, 0.2) is 0 Å². The molecular weight excluding hydrogens is 468 g/mol. The van der Waals surface area contributed by atoms with Crippen molar-refractivity contribution in [2.24, 2.45) is 11.3 Å². The molecule has 0 bridgehead atoms. The van der Waals surface area contributed by atoms with Gasteiger partial charge in [-0.3, -0.25) is 14.4 Å². The zero-order valence-electron chi connectivity index (χ0n) is 19.8. The predicted molar refractivity (Wildman–Crippen MR) is 131 cm³/mol. The van der Waals surface area contributed by atoms with Gasteiger partial charge in [-0.05, 0) is 42.9 Å². The van der Waals surface area contributed by atoms with Crippen molar-refractivity contribution in [1.29, 1.82) is 0 Å². The molecule has 0 N–H and O–H groups in total. The molecule has 3 aliphatic heterocycles. The molecule has 1 atom stereocenters. The number of para-hydroxylation sites is 1. The molecule has 1 aromatic carbocycles. The lowest BCUT2D eigenvalue weighted by Crippen LogP contribution is -2.45. The second-order valence-electron chi connectivity index (χ2n) is 9.76. The van der Waals surface area contributed by atoms with Gasteiger partial charge in [-0.1, -0.05) is 29.8 Å². The lowest BCUT2D eigenvalue weighted by Gasteiger charge is -2.39. The van der Waals surface area contributed by atoms with Crippen molar-refractivity contribution in [2.45, 2.75) is 25.7 Å². The standard InChI is InChI=1S/C26H29ClN4O4/c1-35-22-14-18(13-21(27)28-22)24(33)29-10-7-26(8-11-29)9-12-30(17-26)25(34)19-15-23(32)31(16-19)20-5-3-2-4-6-20/h2-6,13-14,19H,7-12,15-17H2,1H3. The Bertz CT molecular complexity index is 1130. The smallest absolute Gasteiger partial charge is 0.254 e. The molecule has 0 saturated carbocycles. The van der Waals surface area contributed by atoms with Crippen molar-refractivity contribution in [3.63, 3.8) is 0 Å². The van der Waals surface area contributed by atoms with Crippen LogP contribution in [0, 0.1) is 11.3 Å². The molecule has 1 spiro atoms. The summed E-state index contributed by atoms with van der Waals surface area (Å²) >= 11 is 6.04. The molecule has 35 heavy (non-hydrogen) atoms. The SMILES string of the molecule is COc1cc(C(=O)N2CCC3(CC2)CCN(C(=O)C2CC(=O)N(c4ccccc4)C2)C3)cc(Cl)n1. The number of benzene rings is 1. The molecule has 1 unspecified atom stereocenters. The Balaban J connectivity index is 1.18. The van der Waals surface area contributed by atoms with Crippen LogP contribution >= 0.6 is 11.6 Å². The summed E-state index contributed by atoms with van der Waals surface area (Å²) in [6, 6.07) is 12.7. The molecule has 184 valence electrons. The van der Waals surface area contributed by atoms with Crippen LogP contribution in [-0.4, -0.2) is 72.3 Å². The van der Waals surface area contributed by atoms with Gasteiger partial charge in [-0.15, -0.1) is 0 Å². The van der Waals surface area contributed by atoms with Gasteiger partial charge in [-0.25, -0.2) is 4.98 Å². The first-order valence-corrected chi connectivity index (χ1v) is 12.4. The highest BCUT2D eigenvalue weighted by Crippen LogP contribution is 2.41. The third-order valence-corrected chi connectivity index (χ3v) is 7.82. The lowest BCUT2D eigenvalue weighted by molar-refractivity contribution is -0.135. The second kappa shape index (κ2) is 9.49. The number of carbonyl (C=O) groups excluding carboxylic acids is 3. The van der Waals surface area contributed by atoms with E-state index in [4.69, 9.17) is 16.3 Å². The number of aromatic nitrogens is 1. The summed E-state index contributed by atoms with van der Waals surface area (Å²) in [6.45, 7) is 3.10. The Morgan fingerprint density at radius 2 is 1.74 bits per heavy atom. The zero-order chi connectivity index (χ0) is 24.6. The highest BCUT2D eigenvalue weighted by atomic mass is 35.5. The number of amides is 3. The van der Waals surface area contributed by atoms with Crippen molar-refractivity contribution >= 4 is 35.0 Å². The Labute approximate surface area is 209 Å². The molecule has 3 aliphatic rings. The number of pyridine rings is 1. The van der Waals surface area contributed by atoms with Crippen molar-refractivity contribution in [1.82, 2.24) is 14.8 Å². The Morgan fingerprint density at radius 3 is 2.43 bits per heavy atom. The quantitative estimate of drug-likeness (QED) is 0.607. The van der Waals surface area contributed by atoms with E-state index in [-0.39, 0.29) is 40.6 Å². The zero-order valence-corrected chi connectivity index (χ0v) is 20.5. The van der Waals surface area contributed by atoms with Crippen molar-refractivity contribution < 1.29 is 19.1 Å². The molecule has 4 heterocycles. The number of ether oxygens (including phenoxy) is 1. The highest BCUT2D eigenvalue weighted by Gasteiger charge is 2.45. The third kappa shape index (κ3) is 4.72. The van der Waals surface area contributed by atoms with Gasteiger partial charge in [0.05, 0.1) is 13.0 Å². The number of carbonyl (C=O) groups is 3. The maximum atomic E-state index is 13.3. The first kappa shape index (κ1) is 23.6. The van der Waals surface area contributed by atoms with E-state index in [0.29, 0.717) is 44.2 Å². The first-order chi connectivity index (χ1) is 16.9. The van der Waals surface area contributed by atoms with E-state index in [9.17, 15) is 14.4 Å². The highest BCUT2D eigenvalue weighted by molar-refractivity contribution is 6.29. The molecule has 0 radical (unpaired) electrons. The molecular formula is C26H29ClN4O4. The first-order valence-electron chi connectivity index (χ1n) is 12.0. The fourth-order valence-electron chi connectivity index (χ4n) is 5.59. The summed E-state index contributed by atoms with van der Waals surface area (Å²) in [7, 11) is 1.49. The van der Waals surface area contributed by atoms with E-state index in [1.54, 1.807) is 17.0 Å². The van der Waals surface area contributed by atoms with E-state index < -0.39 is 0 Å². The van der Waals surface area contributed by atoms with Crippen molar-refractivity contribution in [3.8, 4) is 5.88 Å². The largest absolute Gasteiger partial charge is 0.481 e. The molecule has 3 fully saturated rings. The summed E-state index contributed by atoms with van der Waals surface area (Å²) in [5.41, 5.74) is 1.34. The number of halogens is 1. The van der Waals surface area contributed by atoms with Crippen molar-refractivity contribution in [3.05, 3.63) is 53.2 Å². The second-order valence-corrected chi connectivity index (χ2v) is 10.2. The van der Waals surface area contributed by atoms with Crippen LogP contribution < -0.4 is 9.64 Å². The number of piperidine rings is 1. The number of likely N-dealkylation sites (tertiary alicyclic amines) is 2. The normalized spacial score (nSPS) is 21.6. The fourth-order valence-corrected chi connectivity index (χ4v) is 5.79. The van der Waals surface area contributed by atoms with Crippen LogP contribution in [-0.2, 0) is 9.59 Å². The number of hydrogen-bond acceptors (Lipinski definition) is 5. The van der Waals surface area contributed by atoms with E-state index in [0.717, 1.165) is 24.9 Å². The third-order valence-electron chi connectivity index (χ3n) is 7.63. The van der Waals surface area contributed by atoms with Crippen LogP contribution in [0.3, 0.4) is 0 Å². The topological polar surface area (TPSA) is 83.0 Å². The molecule has 1 aromatic heterocycles. The number of anilines is 1. The minimum atomic E-state index is -0.300. The minimum Gasteiger partial charge on any atom is -0.481 e. The van der Waals surface area contributed by atoms with Crippen LogP contribution in [0.25, 0.3) is 0 Å². The average Bonchev–Trinajstić information content (AvgIpc) is 3.47. The molecule has 8 nitrogen and oxygen atoms in total. The monoisotopic (exact) mass is 496 g/mol. The van der Waals surface area contributed by atoms with Crippen LogP contribution in [0.4, 0.5) is 5.69 Å². The lowest BCUT2D eigenvalue weighted by atomic mass is 9.77.